The predicted molar refractivity (Wildman–Crippen MR) is 66.8 cm³/mol. The third kappa shape index (κ3) is 3.30. The zero-order chi connectivity index (χ0) is 13.7. The van der Waals surface area contributed by atoms with E-state index in [0.717, 1.165) is 12.1 Å². The fourth-order valence-electron chi connectivity index (χ4n) is 1.48. The molecule has 0 aliphatic rings. The molecule has 0 fully saturated rings. The van der Waals surface area contributed by atoms with Crippen LogP contribution in [-0.2, 0) is 11.3 Å². The molecule has 0 aliphatic heterocycles. The number of rotatable bonds is 6. The topological polar surface area (TPSA) is 116 Å². The molecule has 7 nitrogen and oxygen atoms in total. The van der Waals surface area contributed by atoms with Crippen LogP contribution >= 0.6 is 0 Å². The lowest BCUT2D eigenvalue weighted by molar-refractivity contribution is -0.119. The first-order chi connectivity index (χ1) is 8.47. The maximum absolute atomic E-state index is 11.9. The van der Waals surface area contributed by atoms with Crippen LogP contribution in [-0.4, -0.2) is 34.2 Å². The largest absolute Gasteiger partial charge is 0.368 e. The molecule has 1 aromatic rings. The molecule has 1 heterocycles. The second kappa shape index (κ2) is 6.15. The Morgan fingerprint density at radius 2 is 2.22 bits per heavy atom. The van der Waals surface area contributed by atoms with Crippen LogP contribution in [0, 0.1) is 6.92 Å². The second-order valence-corrected chi connectivity index (χ2v) is 4.11. The van der Waals surface area contributed by atoms with Crippen molar-refractivity contribution in [1.82, 2.24) is 15.1 Å². The number of aryl methyl sites for hydroxylation is 1. The maximum atomic E-state index is 11.9. The number of nitrogens with two attached hydrogens (primary N) is 2. The smallest absolute Gasteiger partial charge is 0.255 e. The van der Waals surface area contributed by atoms with Crippen LogP contribution in [0.2, 0.25) is 0 Å². The summed E-state index contributed by atoms with van der Waals surface area (Å²) in [6.45, 7) is 4.57. The van der Waals surface area contributed by atoms with Gasteiger partial charge in [0.05, 0.1) is 11.8 Å². The average molecular weight is 253 g/mol. The van der Waals surface area contributed by atoms with Gasteiger partial charge in [0, 0.05) is 12.2 Å². The molecule has 1 aromatic heterocycles. The van der Waals surface area contributed by atoms with E-state index in [1.54, 1.807) is 11.6 Å². The summed E-state index contributed by atoms with van der Waals surface area (Å²) in [5, 5.41) is 6.62. The van der Waals surface area contributed by atoms with E-state index in [0.29, 0.717) is 18.7 Å². The minimum atomic E-state index is -0.704. The van der Waals surface area contributed by atoms with Gasteiger partial charge in [0.15, 0.2) is 0 Å². The molecule has 0 aliphatic carbocycles. The quantitative estimate of drug-likeness (QED) is 0.612. The number of hydrogen-bond acceptors (Lipinski definition) is 4. The SMILES string of the molecule is Cc1c(C(=O)NC(C)C(N)=O)cnn1CCCN. The van der Waals surface area contributed by atoms with Gasteiger partial charge in [-0.2, -0.15) is 5.10 Å². The van der Waals surface area contributed by atoms with Gasteiger partial charge in [0.25, 0.3) is 5.91 Å². The third-order valence-corrected chi connectivity index (χ3v) is 2.70. The molecule has 100 valence electrons. The Balaban J connectivity index is 2.75. The highest BCUT2D eigenvalue weighted by molar-refractivity contribution is 5.97. The molecule has 18 heavy (non-hydrogen) atoms. The van der Waals surface area contributed by atoms with E-state index >= 15 is 0 Å². The zero-order valence-corrected chi connectivity index (χ0v) is 10.6. The number of carbonyl (C=O) groups excluding carboxylic acids is 2. The Hall–Kier alpha value is -1.89. The van der Waals surface area contributed by atoms with Crippen molar-refractivity contribution in [2.45, 2.75) is 32.9 Å². The van der Waals surface area contributed by atoms with Crippen LogP contribution in [0.15, 0.2) is 6.20 Å². The van der Waals surface area contributed by atoms with Crippen molar-refractivity contribution >= 4 is 11.8 Å². The number of carbonyl (C=O) groups is 2. The molecular weight excluding hydrogens is 234 g/mol. The van der Waals surface area contributed by atoms with Crippen LogP contribution in [0.5, 0.6) is 0 Å². The number of aromatic nitrogens is 2. The molecule has 5 N–H and O–H groups in total. The number of primary amides is 1. The Morgan fingerprint density at radius 3 is 2.78 bits per heavy atom. The van der Waals surface area contributed by atoms with E-state index in [-0.39, 0.29) is 5.91 Å². The van der Waals surface area contributed by atoms with Crippen molar-refractivity contribution in [3.63, 3.8) is 0 Å². The van der Waals surface area contributed by atoms with E-state index < -0.39 is 11.9 Å². The van der Waals surface area contributed by atoms with E-state index in [1.807, 2.05) is 0 Å². The standard InChI is InChI=1S/C11H19N5O2/c1-7(10(13)17)15-11(18)9-6-14-16(8(9)2)5-3-4-12/h6-7H,3-5,12H2,1-2H3,(H2,13,17)(H,15,18). The van der Waals surface area contributed by atoms with Crippen molar-refractivity contribution < 1.29 is 9.59 Å². The van der Waals surface area contributed by atoms with Gasteiger partial charge in [-0.3, -0.25) is 14.3 Å². The van der Waals surface area contributed by atoms with Gasteiger partial charge in [0.1, 0.15) is 6.04 Å². The van der Waals surface area contributed by atoms with Gasteiger partial charge in [-0.15, -0.1) is 0 Å². The molecule has 0 bridgehead atoms. The lowest BCUT2D eigenvalue weighted by Gasteiger charge is -2.10. The van der Waals surface area contributed by atoms with Crippen LogP contribution in [0.1, 0.15) is 29.4 Å². The number of nitrogens with zero attached hydrogens (tertiary/aromatic N) is 2. The van der Waals surface area contributed by atoms with Crippen LogP contribution < -0.4 is 16.8 Å². The molecular formula is C11H19N5O2. The predicted octanol–water partition coefficient (Wildman–Crippen LogP) is -0.856. The molecule has 0 radical (unpaired) electrons. The highest BCUT2D eigenvalue weighted by Crippen LogP contribution is 2.07. The van der Waals surface area contributed by atoms with Gasteiger partial charge in [0.2, 0.25) is 5.91 Å². The lowest BCUT2D eigenvalue weighted by atomic mass is 10.2. The highest BCUT2D eigenvalue weighted by atomic mass is 16.2. The Labute approximate surface area is 106 Å². The first kappa shape index (κ1) is 14.2. The number of nitrogens with one attached hydrogen (secondary N) is 1. The van der Waals surface area contributed by atoms with Crippen LogP contribution in [0.3, 0.4) is 0 Å². The van der Waals surface area contributed by atoms with Crippen molar-refractivity contribution in [3.05, 3.63) is 17.5 Å². The Bertz CT molecular complexity index is 441. The van der Waals surface area contributed by atoms with Crippen LogP contribution in [0.4, 0.5) is 0 Å². The van der Waals surface area contributed by atoms with Gasteiger partial charge >= 0.3 is 0 Å². The summed E-state index contributed by atoms with van der Waals surface area (Å²) in [7, 11) is 0. The Morgan fingerprint density at radius 1 is 1.56 bits per heavy atom. The van der Waals surface area contributed by atoms with E-state index in [9.17, 15) is 9.59 Å². The second-order valence-electron chi connectivity index (χ2n) is 4.11. The fraction of sp³-hybridized carbons (Fsp3) is 0.545. The number of hydrogen-bond donors (Lipinski definition) is 3. The molecule has 1 unspecified atom stereocenters. The average Bonchev–Trinajstić information content (AvgIpc) is 2.67. The molecule has 1 atom stereocenters. The van der Waals surface area contributed by atoms with Crippen molar-refractivity contribution in [2.24, 2.45) is 11.5 Å². The van der Waals surface area contributed by atoms with Crippen molar-refractivity contribution in [2.75, 3.05) is 6.54 Å². The minimum absolute atomic E-state index is 0.349. The normalized spacial score (nSPS) is 12.2. The summed E-state index contributed by atoms with van der Waals surface area (Å²) < 4.78 is 1.72. The van der Waals surface area contributed by atoms with Crippen molar-refractivity contribution in [1.29, 1.82) is 0 Å². The molecule has 0 saturated carbocycles. The van der Waals surface area contributed by atoms with Crippen molar-refractivity contribution in [3.8, 4) is 0 Å². The van der Waals surface area contributed by atoms with E-state index in [1.165, 1.54) is 13.1 Å². The summed E-state index contributed by atoms with van der Waals surface area (Å²) in [6, 6.07) is -0.704. The fourth-order valence-corrected chi connectivity index (χ4v) is 1.48. The minimum Gasteiger partial charge on any atom is -0.368 e. The van der Waals surface area contributed by atoms with E-state index in [4.69, 9.17) is 11.5 Å². The Kier molecular flexibility index (Phi) is 4.85. The summed E-state index contributed by atoms with van der Waals surface area (Å²) in [5.41, 5.74) is 11.7. The summed E-state index contributed by atoms with van der Waals surface area (Å²) in [6.07, 6.45) is 2.27. The molecule has 0 saturated heterocycles. The number of amides is 2. The van der Waals surface area contributed by atoms with Gasteiger partial charge in [-0.05, 0) is 26.8 Å². The first-order valence-corrected chi connectivity index (χ1v) is 5.80. The molecule has 1 rings (SSSR count). The molecule has 0 aromatic carbocycles. The lowest BCUT2D eigenvalue weighted by Crippen LogP contribution is -2.42. The molecule has 0 spiro atoms. The monoisotopic (exact) mass is 253 g/mol. The van der Waals surface area contributed by atoms with Crippen LogP contribution in [0.25, 0.3) is 0 Å². The first-order valence-electron chi connectivity index (χ1n) is 5.80. The molecule has 2 amide bonds. The van der Waals surface area contributed by atoms with Gasteiger partial charge in [-0.25, -0.2) is 0 Å². The van der Waals surface area contributed by atoms with Gasteiger partial charge in [-0.1, -0.05) is 0 Å². The zero-order valence-electron chi connectivity index (χ0n) is 10.6. The third-order valence-electron chi connectivity index (χ3n) is 2.70. The maximum Gasteiger partial charge on any atom is 0.255 e. The highest BCUT2D eigenvalue weighted by Gasteiger charge is 2.18. The summed E-state index contributed by atoms with van der Waals surface area (Å²) in [5.74, 6) is -0.922. The summed E-state index contributed by atoms with van der Waals surface area (Å²) >= 11 is 0. The summed E-state index contributed by atoms with van der Waals surface area (Å²) in [4.78, 5) is 22.7. The van der Waals surface area contributed by atoms with Gasteiger partial charge < -0.3 is 16.8 Å². The molecule has 7 heteroatoms. The van der Waals surface area contributed by atoms with E-state index in [2.05, 4.69) is 10.4 Å².